The zero-order chi connectivity index (χ0) is 12.8. The van der Waals surface area contributed by atoms with Crippen LogP contribution in [-0.2, 0) is 4.74 Å². The van der Waals surface area contributed by atoms with Crippen molar-refractivity contribution in [3.8, 4) is 11.8 Å². The van der Waals surface area contributed by atoms with Gasteiger partial charge in [0, 0.05) is 13.2 Å². The van der Waals surface area contributed by atoms with E-state index in [1.807, 2.05) is 12.1 Å². The lowest BCUT2D eigenvalue weighted by Gasteiger charge is -2.24. The summed E-state index contributed by atoms with van der Waals surface area (Å²) in [5.41, 5.74) is 1.36. The van der Waals surface area contributed by atoms with Crippen LogP contribution in [0.1, 0.15) is 24.8 Å². The lowest BCUT2D eigenvalue weighted by molar-refractivity contribution is 0.0247. The molecule has 18 heavy (non-hydrogen) atoms. The summed E-state index contributed by atoms with van der Waals surface area (Å²) in [6, 6.07) is 7.63. The van der Waals surface area contributed by atoms with Gasteiger partial charge in [-0.1, -0.05) is 6.07 Å². The molecule has 0 saturated carbocycles. The summed E-state index contributed by atoms with van der Waals surface area (Å²) in [7, 11) is 1.61. The maximum atomic E-state index is 9.10. The Balaban J connectivity index is 2.05. The van der Waals surface area contributed by atoms with E-state index in [-0.39, 0.29) is 6.10 Å². The Morgan fingerprint density at radius 2 is 2.39 bits per heavy atom. The van der Waals surface area contributed by atoms with Gasteiger partial charge in [-0.2, -0.15) is 5.26 Å². The van der Waals surface area contributed by atoms with E-state index in [2.05, 4.69) is 11.4 Å². The van der Waals surface area contributed by atoms with Crippen LogP contribution in [0.5, 0.6) is 5.75 Å². The number of methoxy groups -OCH3 is 1. The average molecular weight is 246 g/mol. The molecule has 1 aliphatic heterocycles. The van der Waals surface area contributed by atoms with Gasteiger partial charge in [-0.25, -0.2) is 0 Å². The smallest absolute Gasteiger partial charge is 0.143 e. The third kappa shape index (κ3) is 2.93. The highest BCUT2D eigenvalue weighted by Gasteiger charge is 2.15. The van der Waals surface area contributed by atoms with Gasteiger partial charge < -0.3 is 14.8 Å². The maximum Gasteiger partial charge on any atom is 0.143 e. The van der Waals surface area contributed by atoms with Crippen molar-refractivity contribution in [2.75, 3.05) is 25.6 Å². The van der Waals surface area contributed by atoms with Gasteiger partial charge in [-0.05, 0) is 31.4 Å². The first-order valence-corrected chi connectivity index (χ1v) is 6.27. The van der Waals surface area contributed by atoms with Crippen molar-refractivity contribution >= 4 is 5.69 Å². The predicted molar refractivity (Wildman–Crippen MR) is 69.8 cm³/mol. The molecular weight excluding hydrogens is 228 g/mol. The molecular formula is C14H18N2O2. The van der Waals surface area contributed by atoms with E-state index >= 15 is 0 Å². The topological polar surface area (TPSA) is 54.3 Å². The Hall–Kier alpha value is -1.73. The van der Waals surface area contributed by atoms with Crippen LogP contribution in [-0.4, -0.2) is 26.4 Å². The number of rotatable bonds is 4. The Morgan fingerprint density at radius 3 is 3.06 bits per heavy atom. The number of nitriles is 1. The first-order valence-electron chi connectivity index (χ1n) is 6.27. The van der Waals surface area contributed by atoms with Gasteiger partial charge in [0.2, 0.25) is 0 Å². The lowest BCUT2D eigenvalue weighted by atomic mass is 10.1. The fraction of sp³-hybridized carbons (Fsp3) is 0.500. The number of anilines is 1. The molecule has 1 aromatic rings. The summed E-state index contributed by atoms with van der Waals surface area (Å²) in [6.45, 7) is 1.55. The second kappa shape index (κ2) is 6.27. The van der Waals surface area contributed by atoms with Gasteiger partial charge in [0.25, 0.3) is 0 Å². The first kappa shape index (κ1) is 12.7. The maximum absolute atomic E-state index is 9.10. The van der Waals surface area contributed by atoms with Gasteiger partial charge in [-0.15, -0.1) is 0 Å². The fourth-order valence-corrected chi connectivity index (χ4v) is 2.16. The molecule has 0 amide bonds. The summed E-state index contributed by atoms with van der Waals surface area (Å²) in [5.74, 6) is 0.699. The molecule has 1 saturated heterocycles. The Kier molecular flexibility index (Phi) is 4.43. The van der Waals surface area contributed by atoms with Crippen molar-refractivity contribution in [2.45, 2.75) is 25.4 Å². The lowest BCUT2D eigenvalue weighted by Crippen LogP contribution is -2.27. The molecule has 1 aromatic carbocycles. The van der Waals surface area contributed by atoms with E-state index in [4.69, 9.17) is 14.7 Å². The van der Waals surface area contributed by atoms with Crippen molar-refractivity contribution in [3.63, 3.8) is 0 Å². The number of ether oxygens (including phenoxy) is 2. The summed E-state index contributed by atoms with van der Waals surface area (Å²) < 4.78 is 10.9. The minimum Gasteiger partial charge on any atom is -0.495 e. The molecule has 0 spiro atoms. The van der Waals surface area contributed by atoms with Crippen LogP contribution in [0.25, 0.3) is 0 Å². The van der Waals surface area contributed by atoms with E-state index in [9.17, 15) is 0 Å². The van der Waals surface area contributed by atoms with Crippen molar-refractivity contribution in [1.82, 2.24) is 0 Å². The second-order valence-electron chi connectivity index (χ2n) is 4.36. The molecule has 1 fully saturated rings. The highest BCUT2D eigenvalue weighted by molar-refractivity contribution is 5.66. The van der Waals surface area contributed by atoms with Crippen molar-refractivity contribution in [2.24, 2.45) is 0 Å². The van der Waals surface area contributed by atoms with Crippen LogP contribution in [0, 0.1) is 11.3 Å². The minimum absolute atomic E-state index is 0.232. The van der Waals surface area contributed by atoms with Crippen LogP contribution < -0.4 is 10.1 Å². The Bertz CT molecular complexity index is 434. The normalized spacial score (nSPS) is 19.0. The van der Waals surface area contributed by atoms with Crippen LogP contribution in [0.3, 0.4) is 0 Å². The number of nitrogens with zero attached hydrogens (tertiary/aromatic N) is 1. The molecule has 96 valence electrons. The molecule has 2 rings (SSSR count). The average Bonchev–Trinajstić information content (AvgIpc) is 2.45. The van der Waals surface area contributed by atoms with Gasteiger partial charge in [-0.3, -0.25) is 0 Å². The van der Waals surface area contributed by atoms with E-state index in [0.717, 1.165) is 31.7 Å². The zero-order valence-electron chi connectivity index (χ0n) is 10.6. The highest BCUT2D eigenvalue weighted by atomic mass is 16.5. The largest absolute Gasteiger partial charge is 0.495 e. The van der Waals surface area contributed by atoms with Gasteiger partial charge in [0.05, 0.1) is 24.5 Å². The molecule has 0 aliphatic carbocycles. The minimum atomic E-state index is 0.232. The first-order chi connectivity index (χ1) is 8.85. The summed E-state index contributed by atoms with van der Waals surface area (Å²) in [5, 5.41) is 12.4. The molecule has 4 nitrogen and oxygen atoms in total. The molecule has 4 heteroatoms. The molecule has 0 aromatic heterocycles. The molecule has 1 N–H and O–H groups in total. The SMILES string of the molecule is COc1cccc(C#N)c1NCC1CCCCO1. The third-order valence-electron chi connectivity index (χ3n) is 3.15. The van der Waals surface area contributed by atoms with Crippen LogP contribution in [0.15, 0.2) is 18.2 Å². The Labute approximate surface area is 108 Å². The second-order valence-corrected chi connectivity index (χ2v) is 4.36. The summed E-state index contributed by atoms with van der Waals surface area (Å²) >= 11 is 0. The van der Waals surface area contributed by atoms with Crippen molar-refractivity contribution in [1.29, 1.82) is 5.26 Å². The van der Waals surface area contributed by atoms with Crippen LogP contribution in [0.2, 0.25) is 0 Å². The zero-order valence-corrected chi connectivity index (χ0v) is 10.6. The Morgan fingerprint density at radius 1 is 1.50 bits per heavy atom. The van der Waals surface area contributed by atoms with E-state index in [1.165, 1.54) is 6.42 Å². The molecule has 1 atom stereocenters. The molecule has 1 heterocycles. The van der Waals surface area contributed by atoms with Crippen LogP contribution in [0.4, 0.5) is 5.69 Å². The monoisotopic (exact) mass is 246 g/mol. The number of hydrogen-bond donors (Lipinski definition) is 1. The number of benzene rings is 1. The highest BCUT2D eigenvalue weighted by Crippen LogP contribution is 2.28. The number of para-hydroxylation sites is 1. The van der Waals surface area contributed by atoms with Crippen molar-refractivity contribution < 1.29 is 9.47 Å². The molecule has 1 unspecified atom stereocenters. The predicted octanol–water partition coefficient (Wildman–Crippen LogP) is 2.55. The van der Waals surface area contributed by atoms with Gasteiger partial charge in [0.15, 0.2) is 0 Å². The molecule has 0 radical (unpaired) electrons. The van der Waals surface area contributed by atoms with Gasteiger partial charge in [0.1, 0.15) is 11.8 Å². The van der Waals surface area contributed by atoms with E-state index in [1.54, 1.807) is 13.2 Å². The van der Waals surface area contributed by atoms with Gasteiger partial charge >= 0.3 is 0 Å². The number of nitrogens with one attached hydrogen (secondary N) is 1. The van der Waals surface area contributed by atoms with E-state index in [0.29, 0.717) is 11.3 Å². The fourth-order valence-electron chi connectivity index (χ4n) is 2.16. The number of hydrogen-bond acceptors (Lipinski definition) is 4. The third-order valence-corrected chi connectivity index (χ3v) is 3.15. The standard InChI is InChI=1S/C14H18N2O2/c1-17-13-7-4-5-11(9-15)14(13)16-10-12-6-2-3-8-18-12/h4-5,7,12,16H,2-3,6,8,10H2,1H3. The van der Waals surface area contributed by atoms with Crippen molar-refractivity contribution in [3.05, 3.63) is 23.8 Å². The summed E-state index contributed by atoms with van der Waals surface area (Å²) in [6.07, 6.45) is 3.66. The van der Waals surface area contributed by atoms with Crippen LogP contribution >= 0.6 is 0 Å². The molecule has 0 bridgehead atoms. The summed E-state index contributed by atoms with van der Waals surface area (Å²) in [4.78, 5) is 0. The quantitative estimate of drug-likeness (QED) is 0.887. The van der Waals surface area contributed by atoms with E-state index < -0.39 is 0 Å². The molecule has 1 aliphatic rings.